The standard InChI is InChI=1S/2C10H16O/c2*1-7(2)9-4-8(3)5-10(11)6-9/h2*5,7,9H,4,6H2,1-3H3. The molecule has 2 rings (SSSR count). The van der Waals surface area contributed by atoms with Gasteiger partial charge in [-0.25, -0.2) is 0 Å². The zero-order valence-corrected chi connectivity index (χ0v) is 15.1. The van der Waals surface area contributed by atoms with Crippen LogP contribution in [0.25, 0.3) is 0 Å². The van der Waals surface area contributed by atoms with Gasteiger partial charge in [0.25, 0.3) is 0 Å². The van der Waals surface area contributed by atoms with Crippen molar-refractivity contribution in [2.24, 2.45) is 23.7 Å². The number of carbonyl (C=O) groups excluding carboxylic acids is 2. The lowest BCUT2D eigenvalue weighted by atomic mass is 9.81. The molecule has 0 saturated heterocycles. The SMILES string of the molecule is CC1=CC(=O)CC(C(C)C)C1.CC1=CC(=O)CC(C(C)C)C1. The van der Waals surface area contributed by atoms with Crippen LogP contribution in [0.5, 0.6) is 0 Å². The van der Waals surface area contributed by atoms with Crippen LogP contribution >= 0.6 is 0 Å². The minimum atomic E-state index is 0.312. The van der Waals surface area contributed by atoms with Crippen LogP contribution in [0.2, 0.25) is 0 Å². The normalized spacial score (nSPS) is 25.6. The van der Waals surface area contributed by atoms with Crippen LogP contribution in [0.15, 0.2) is 23.3 Å². The zero-order valence-electron chi connectivity index (χ0n) is 15.1. The highest BCUT2D eigenvalue weighted by Crippen LogP contribution is 2.28. The maximum atomic E-state index is 11.1. The summed E-state index contributed by atoms with van der Waals surface area (Å²) < 4.78 is 0. The van der Waals surface area contributed by atoms with E-state index in [1.165, 1.54) is 11.1 Å². The Morgan fingerprint density at radius 3 is 1.27 bits per heavy atom. The van der Waals surface area contributed by atoms with Crippen molar-refractivity contribution in [3.8, 4) is 0 Å². The van der Waals surface area contributed by atoms with E-state index in [2.05, 4.69) is 27.7 Å². The van der Waals surface area contributed by atoms with Gasteiger partial charge in [-0.3, -0.25) is 9.59 Å². The van der Waals surface area contributed by atoms with Gasteiger partial charge >= 0.3 is 0 Å². The molecule has 2 aliphatic carbocycles. The van der Waals surface area contributed by atoms with Crippen molar-refractivity contribution in [3.05, 3.63) is 23.3 Å². The summed E-state index contributed by atoms with van der Waals surface area (Å²) in [4.78, 5) is 22.2. The number of hydrogen-bond donors (Lipinski definition) is 0. The summed E-state index contributed by atoms with van der Waals surface area (Å²) in [5, 5.41) is 0. The molecule has 2 aliphatic rings. The maximum absolute atomic E-state index is 11.1. The van der Waals surface area contributed by atoms with E-state index >= 15 is 0 Å². The smallest absolute Gasteiger partial charge is 0.155 e. The largest absolute Gasteiger partial charge is 0.295 e. The van der Waals surface area contributed by atoms with E-state index in [1.54, 1.807) is 12.2 Å². The molecule has 0 heterocycles. The monoisotopic (exact) mass is 304 g/mol. The van der Waals surface area contributed by atoms with Gasteiger partial charge in [-0.1, -0.05) is 38.8 Å². The summed E-state index contributed by atoms with van der Waals surface area (Å²) in [5.41, 5.74) is 2.50. The van der Waals surface area contributed by atoms with Crippen LogP contribution in [0.3, 0.4) is 0 Å². The zero-order chi connectivity index (χ0) is 16.9. The molecule has 0 aliphatic heterocycles. The molecule has 2 unspecified atom stereocenters. The lowest BCUT2D eigenvalue weighted by Gasteiger charge is -2.23. The van der Waals surface area contributed by atoms with E-state index in [1.807, 2.05) is 13.8 Å². The van der Waals surface area contributed by atoms with Crippen molar-refractivity contribution in [1.29, 1.82) is 0 Å². The second kappa shape index (κ2) is 8.45. The van der Waals surface area contributed by atoms with Crippen molar-refractivity contribution >= 4 is 11.6 Å². The molecule has 0 aromatic carbocycles. The second-order valence-electron chi connectivity index (χ2n) is 7.74. The maximum Gasteiger partial charge on any atom is 0.155 e. The van der Waals surface area contributed by atoms with Gasteiger partial charge in [0, 0.05) is 12.8 Å². The Balaban J connectivity index is 0.000000220. The third-order valence-corrected chi connectivity index (χ3v) is 4.80. The first kappa shape index (κ1) is 18.9. The van der Waals surface area contributed by atoms with Gasteiger partial charge in [-0.05, 0) is 62.5 Å². The van der Waals surface area contributed by atoms with Crippen molar-refractivity contribution < 1.29 is 9.59 Å². The summed E-state index contributed by atoms with van der Waals surface area (Å²) in [6, 6.07) is 0. The third-order valence-electron chi connectivity index (χ3n) is 4.80. The quantitative estimate of drug-likeness (QED) is 0.708. The molecule has 0 saturated carbocycles. The molecule has 0 fully saturated rings. The Morgan fingerprint density at radius 1 is 0.727 bits per heavy atom. The van der Waals surface area contributed by atoms with Gasteiger partial charge < -0.3 is 0 Å². The Morgan fingerprint density at radius 2 is 1.05 bits per heavy atom. The molecular weight excluding hydrogens is 272 g/mol. The number of hydrogen-bond acceptors (Lipinski definition) is 2. The molecule has 0 radical (unpaired) electrons. The highest BCUT2D eigenvalue weighted by Gasteiger charge is 2.21. The lowest BCUT2D eigenvalue weighted by molar-refractivity contribution is -0.117. The summed E-state index contributed by atoms with van der Waals surface area (Å²) in [6.07, 6.45) is 7.33. The predicted molar refractivity (Wildman–Crippen MR) is 92.7 cm³/mol. The van der Waals surface area contributed by atoms with E-state index in [0.29, 0.717) is 35.2 Å². The first-order valence-corrected chi connectivity index (χ1v) is 8.59. The average molecular weight is 304 g/mol. The molecule has 124 valence electrons. The van der Waals surface area contributed by atoms with Gasteiger partial charge in [0.05, 0.1) is 0 Å². The Hall–Kier alpha value is -1.18. The molecule has 0 aromatic rings. The Bertz CT molecular complexity index is 422. The second-order valence-corrected chi connectivity index (χ2v) is 7.74. The topological polar surface area (TPSA) is 34.1 Å². The highest BCUT2D eigenvalue weighted by atomic mass is 16.1. The molecular formula is C20H32O2. The molecule has 0 spiro atoms. The molecule has 2 nitrogen and oxygen atoms in total. The molecule has 2 atom stereocenters. The number of ketones is 2. The van der Waals surface area contributed by atoms with E-state index in [4.69, 9.17) is 0 Å². The fraction of sp³-hybridized carbons (Fsp3) is 0.700. The van der Waals surface area contributed by atoms with Crippen LogP contribution < -0.4 is 0 Å². The third kappa shape index (κ3) is 6.29. The van der Waals surface area contributed by atoms with E-state index in [-0.39, 0.29) is 0 Å². The molecule has 0 bridgehead atoms. The minimum absolute atomic E-state index is 0.312. The predicted octanol–water partition coefficient (Wildman–Crippen LogP) is 5.14. The van der Waals surface area contributed by atoms with E-state index in [0.717, 1.165) is 25.7 Å². The number of allylic oxidation sites excluding steroid dienone is 4. The van der Waals surface area contributed by atoms with Gasteiger partial charge in [-0.15, -0.1) is 0 Å². The summed E-state index contributed by atoms with van der Waals surface area (Å²) in [5.74, 6) is 3.09. The summed E-state index contributed by atoms with van der Waals surface area (Å²) in [7, 11) is 0. The lowest BCUT2D eigenvalue weighted by Crippen LogP contribution is -2.17. The summed E-state index contributed by atoms with van der Waals surface area (Å²) in [6.45, 7) is 12.9. The number of carbonyl (C=O) groups is 2. The van der Waals surface area contributed by atoms with Crippen molar-refractivity contribution in [3.63, 3.8) is 0 Å². The molecule has 0 aromatic heterocycles. The first-order chi connectivity index (χ1) is 10.2. The van der Waals surface area contributed by atoms with Crippen LogP contribution in [-0.4, -0.2) is 11.6 Å². The fourth-order valence-corrected chi connectivity index (χ4v) is 3.22. The van der Waals surface area contributed by atoms with Crippen LogP contribution in [0, 0.1) is 23.7 Å². The van der Waals surface area contributed by atoms with Crippen molar-refractivity contribution in [1.82, 2.24) is 0 Å². The minimum Gasteiger partial charge on any atom is -0.295 e. The number of rotatable bonds is 2. The first-order valence-electron chi connectivity index (χ1n) is 8.59. The van der Waals surface area contributed by atoms with Crippen LogP contribution in [0.4, 0.5) is 0 Å². The molecule has 22 heavy (non-hydrogen) atoms. The summed E-state index contributed by atoms with van der Waals surface area (Å²) >= 11 is 0. The van der Waals surface area contributed by atoms with Crippen LogP contribution in [0.1, 0.15) is 67.2 Å². The van der Waals surface area contributed by atoms with Gasteiger partial charge in [0.2, 0.25) is 0 Å². The van der Waals surface area contributed by atoms with Gasteiger partial charge in [-0.2, -0.15) is 0 Å². The average Bonchev–Trinajstić information content (AvgIpc) is 2.37. The Labute approximate surface area is 136 Å². The van der Waals surface area contributed by atoms with Gasteiger partial charge in [0.1, 0.15) is 0 Å². The highest BCUT2D eigenvalue weighted by molar-refractivity contribution is 5.91. The van der Waals surface area contributed by atoms with Gasteiger partial charge in [0.15, 0.2) is 11.6 Å². The molecule has 0 N–H and O–H groups in total. The van der Waals surface area contributed by atoms with Crippen LogP contribution in [-0.2, 0) is 9.59 Å². The van der Waals surface area contributed by atoms with E-state index < -0.39 is 0 Å². The molecule has 2 heteroatoms. The molecule has 0 amide bonds. The van der Waals surface area contributed by atoms with Crippen molar-refractivity contribution in [2.75, 3.05) is 0 Å². The Kier molecular flexibility index (Phi) is 7.25. The van der Waals surface area contributed by atoms with E-state index in [9.17, 15) is 9.59 Å². The fourth-order valence-electron chi connectivity index (χ4n) is 3.22. The van der Waals surface area contributed by atoms with Crippen molar-refractivity contribution in [2.45, 2.75) is 67.2 Å².